The molecular weight excluding hydrogens is 478 g/mol. The third-order valence-electron chi connectivity index (χ3n) is 7.80. The first-order valence-corrected chi connectivity index (χ1v) is 16.8. The average molecular weight is 533 g/mol. The maximum absolute atomic E-state index is 5.91. The maximum atomic E-state index is 5.91. The molecule has 0 spiro atoms. The SMILES string of the molecule is CC1=Cc2c(-c3ccc(C(C)(C)C)cc3)cccc2C1[Si](C)N(CCCCCCOC(C)(C)C)C(C)(C)C. The highest BCUT2D eigenvalue weighted by molar-refractivity contribution is 6.57. The Balaban J connectivity index is 1.74. The molecule has 0 bridgehead atoms. The number of unbranched alkanes of at least 4 members (excludes halogenated alkanes) is 3. The van der Waals surface area contributed by atoms with Gasteiger partial charge in [0.15, 0.2) is 0 Å². The van der Waals surface area contributed by atoms with Gasteiger partial charge in [-0.3, -0.25) is 0 Å². The minimum Gasteiger partial charge on any atom is -0.376 e. The molecule has 1 atom stereocenters. The van der Waals surface area contributed by atoms with E-state index in [9.17, 15) is 0 Å². The summed E-state index contributed by atoms with van der Waals surface area (Å²) in [4.78, 5) is 0. The van der Waals surface area contributed by atoms with E-state index in [1.807, 2.05) is 0 Å². The van der Waals surface area contributed by atoms with Gasteiger partial charge in [-0.25, -0.2) is 0 Å². The molecular formula is C35H54NOSi. The van der Waals surface area contributed by atoms with Crippen molar-refractivity contribution in [2.75, 3.05) is 13.2 Å². The lowest BCUT2D eigenvalue weighted by atomic mass is 9.86. The molecule has 0 fully saturated rings. The van der Waals surface area contributed by atoms with E-state index in [2.05, 4.69) is 129 Å². The van der Waals surface area contributed by atoms with Gasteiger partial charge in [0.25, 0.3) is 0 Å². The van der Waals surface area contributed by atoms with Crippen LogP contribution < -0.4 is 0 Å². The van der Waals surface area contributed by atoms with E-state index in [1.165, 1.54) is 59.2 Å². The fraction of sp³-hybridized carbons (Fsp3) is 0.600. The van der Waals surface area contributed by atoms with Gasteiger partial charge >= 0.3 is 0 Å². The molecule has 209 valence electrons. The van der Waals surface area contributed by atoms with Crippen molar-refractivity contribution in [1.29, 1.82) is 0 Å². The minimum absolute atomic E-state index is 0.0265. The molecule has 3 rings (SSSR count). The number of hydrogen-bond donors (Lipinski definition) is 0. The van der Waals surface area contributed by atoms with Crippen LogP contribution in [0.1, 0.15) is 117 Å². The highest BCUT2D eigenvalue weighted by Gasteiger charge is 2.37. The summed E-state index contributed by atoms with van der Waals surface area (Å²) in [5, 5.41) is 0. The third-order valence-corrected chi connectivity index (χ3v) is 11.2. The Kier molecular flexibility index (Phi) is 9.93. The van der Waals surface area contributed by atoms with Crippen molar-refractivity contribution in [3.05, 3.63) is 64.7 Å². The Morgan fingerprint density at radius 2 is 1.45 bits per heavy atom. The lowest BCUT2D eigenvalue weighted by Gasteiger charge is -2.42. The Morgan fingerprint density at radius 3 is 2.03 bits per heavy atom. The molecule has 2 aromatic carbocycles. The van der Waals surface area contributed by atoms with Gasteiger partial charge in [-0.1, -0.05) is 94.3 Å². The standard InChI is InChI=1S/C35H54NOSi/c1-26-25-31-29(27-19-21-28(22-20-27)33(2,3)4)17-16-18-30(31)32(26)38(11)36(34(5,6)7)23-14-12-13-15-24-37-35(8,9)10/h16-22,25,32H,12-15,23-24H2,1-11H3. The van der Waals surface area contributed by atoms with E-state index >= 15 is 0 Å². The molecule has 1 unspecified atom stereocenters. The van der Waals surface area contributed by atoms with Crippen molar-refractivity contribution < 1.29 is 4.74 Å². The second-order valence-electron chi connectivity index (χ2n) is 14.3. The molecule has 2 nitrogen and oxygen atoms in total. The minimum atomic E-state index is -0.823. The summed E-state index contributed by atoms with van der Waals surface area (Å²) in [5.74, 6) is 0. The highest BCUT2D eigenvalue weighted by Crippen LogP contribution is 2.44. The number of rotatable bonds is 10. The van der Waals surface area contributed by atoms with Crippen molar-refractivity contribution >= 4 is 15.0 Å². The van der Waals surface area contributed by atoms with Crippen LogP contribution in [0.15, 0.2) is 48.0 Å². The molecule has 1 aliphatic rings. The van der Waals surface area contributed by atoms with Gasteiger partial charge in [0.1, 0.15) is 8.96 Å². The van der Waals surface area contributed by atoms with Crippen LogP contribution >= 0.6 is 0 Å². The van der Waals surface area contributed by atoms with Crippen LogP contribution in [0.5, 0.6) is 0 Å². The number of allylic oxidation sites excluding steroid dienone is 1. The van der Waals surface area contributed by atoms with Crippen LogP contribution in [-0.2, 0) is 10.2 Å². The molecule has 0 N–H and O–H groups in total. The van der Waals surface area contributed by atoms with Gasteiger partial charge < -0.3 is 9.30 Å². The molecule has 0 aliphatic heterocycles. The van der Waals surface area contributed by atoms with E-state index < -0.39 is 8.96 Å². The molecule has 1 radical (unpaired) electrons. The van der Waals surface area contributed by atoms with E-state index in [0.29, 0.717) is 5.54 Å². The number of fused-ring (bicyclic) bond motifs is 1. The summed E-state index contributed by atoms with van der Waals surface area (Å²) in [5.41, 5.74) is 9.44. The zero-order valence-corrected chi connectivity index (χ0v) is 27.3. The lowest BCUT2D eigenvalue weighted by molar-refractivity contribution is -0.00479. The van der Waals surface area contributed by atoms with Gasteiger partial charge in [0.05, 0.1) is 5.60 Å². The Hall–Kier alpha value is -1.68. The third kappa shape index (κ3) is 7.93. The maximum Gasteiger partial charge on any atom is 0.145 e. The molecule has 0 heterocycles. The molecule has 2 aromatic rings. The van der Waals surface area contributed by atoms with Crippen molar-refractivity contribution in [2.24, 2.45) is 0 Å². The molecule has 38 heavy (non-hydrogen) atoms. The van der Waals surface area contributed by atoms with Crippen LogP contribution in [-0.4, -0.2) is 37.8 Å². The summed E-state index contributed by atoms with van der Waals surface area (Å²) >= 11 is 0. The first-order valence-electron chi connectivity index (χ1n) is 14.8. The lowest BCUT2D eigenvalue weighted by Crippen LogP contribution is -2.52. The van der Waals surface area contributed by atoms with E-state index in [4.69, 9.17) is 4.74 Å². The predicted molar refractivity (Wildman–Crippen MR) is 169 cm³/mol. The Labute approximate surface area is 236 Å². The quantitative estimate of drug-likeness (QED) is 0.223. The molecule has 0 aromatic heterocycles. The summed E-state index contributed by atoms with van der Waals surface area (Å²) < 4.78 is 8.76. The van der Waals surface area contributed by atoms with Gasteiger partial charge in [0.2, 0.25) is 0 Å². The van der Waals surface area contributed by atoms with Crippen LogP contribution in [0.2, 0.25) is 6.55 Å². The fourth-order valence-corrected chi connectivity index (χ4v) is 9.13. The normalized spacial score (nSPS) is 16.3. The molecule has 0 amide bonds. The van der Waals surface area contributed by atoms with Crippen molar-refractivity contribution in [3.8, 4) is 11.1 Å². The molecule has 1 aliphatic carbocycles. The number of nitrogens with zero attached hydrogens (tertiary/aromatic N) is 1. The monoisotopic (exact) mass is 532 g/mol. The Morgan fingerprint density at radius 1 is 0.816 bits per heavy atom. The zero-order chi connectivity index (χ0) is 28.3. The fourth-order valence-electron chi connectivity index (χ4n) is 5.81. The van der Waals surface area contributed by atoms with Gasteiger partial charge in [0, 0.05) is 17.7 Å². The first kappa shape index (κ1) is 30.9. The van der Waals surface area contributed by atoms with Gasteiger partial charge in [-0.2, -0.15) is 0 Å². The molecule has 3 heteroatoms. The Bertz CT molecular complexity index is 1080. The first-order chi connectivity index (χ1) is 17.6. The van der Waals surface area contributed by atoms with Gasteiger partial charge in [-0.15, -0.1) is 0 Å². The number of hydrogen-bond acceptors (Lipinski definition) is 2. The van der Waals surface area contributed by atoms with Crippen molar-refractivity contribution in [1.82, 2.24) is 4.57 Å². The smallest absolute Gasteiger partial charge is 0.145 e. The van der Waals surface area contributed by atoms with Crippen LogP contribution in [0.25, 0.3) is 17.2 Å². The topological polar surface area (TPSA) is 12.5 Å². The van der Waals surface area contributed by atoms with Crippen LogP contribution in [0.3, 0.4) is 0 Å². The number of ether oxygens (including phenoxy) is 1. The number of benzene rings is 2. The summed E-state index contributed by atoms with van der Waals surface area (Å²) in [6, 6.07) is 16.2. The molecule has 0 saturated carbocycles. The second kappa shape index (κ2) is 12.2. The zero-order valence-electron chi connectivity index (χ0n) is 26.3. The second-order valence-corrected chi connectivity index (χ2v) is 16.7. The van der Waals surface area contributed by atoms with E-state index in [0.717, 1.165) is 13.0 Å². The van der Waals surface area contributed by atoms with E-state index in [-0.39, 0.29) is 16.6 Å². The summed E-state index contributed by atoms with van der Waals surface area (Å²) in [7, 11) is -0.823. The van der Waals surface area contributed by atoms with Crippen LogP contribution in [0, 0.1) is 0 Å². The summed E-state index contributed by atoms with van der Waals surface area (Å²) in [6.45, 7) is 27.5. The van der Waals surface area contributed by atoms with E-state index in [1.54, 1.807) is 0 Å². The van der Waals surface area contributed by atoms with Crippen molar-refractivity contribution in [3.63, 3.8) is 0 Å². The average Bonchev–Trinajstić information content (AvgIpc) is 3.14. The molecule has 0 saturated heterocycles. The largest absolute Gasteiger partial charge is 0.376 e. The van der Waals surface area contributed by atoms with Gasteiger partial charge in [-0.05, 0) is 101 Å². The van der Waals surface area contributed by atoms with Crippen LogP contribution in [0.4, 0.5) is 0 Å². The highest BCUT2D eigenvalue weighted by atomic mass is 28.3. The predicted octanol–water partition coefficient (Wildman–Crippen LogP) is 9.79. The van der Waals surface area contributed by atoms with Crippen molar-refractivity contribution in [2.45, 2.75) is 124 Å². The summed E-state index contributed by atoms with van der Waals surface area (Å²) in [6.07, 6.45) is 7.44.